The number of hydrogen-bond donors (Lipinski definition) is 1. The number of aliphatic hydroxyl groups is 1. The Morgan fingerprint density at radius 3 is 3.11 bits per heavy atom. The molecule has 1 fully saturated rings. The van der Waals surface area contributed by atoms with Crippen LogP contribution in [0.15, 0.2) is 12.1 Å². The predicted molar refractivity (Wildman–Crippen MR) is 77.3 cm³/mol. The second-order valence-corrected chi connectivity index (χ2v) is 7.05. The molecule has 1 aliphatic heterocycles. The number of nitrogens with zero attached hydrogens (tertiary/aromatic N) is 1. The van der Waals surface area contributed by atoms with Crippen LogP contribution >= 0.6 is 34.7 Å². The third-order valence-electron chi connectivity index (χ3n) is 3.01. The normalized spacial score (nSPS) is 19.4. The van der Waals surface area contributed by atoms with E-state index >= 15 is 0 Å². The molecule has 0 bridgehead atoms. The van der Waals surface area contributed by atoms with Crippen LogP contribution in [0.2, 0.25) is 4.34 Å². The van der Waals surface area contributed by atoms with Gasteiger partial charge in [-0.15, -0.1) is 23.1 Å². The van der Waals surface area contributed by atoms with E-state index in [1.165, 1.54) is 4.88 Å². The smallest absolute Gasteiger partial charge is 0.232 e. The van der Waals surface area contributed by atoms with Crippen LogP contribution in [0.1, 0.15) is 17.7 Å². The minimum absolute atomic E-state index is 0.0364. The fraction of sp³-hybridized carbons (Fsp3) is 0.583. The summed E-state index contributed by atoms with van der Waals surface area (Å²) in [7, 11) is 0. The van der Waals surface area contributed by atoms with Crippen molar-refractivity contribution in [3.8, 4) is 0 Å². The molecule has 0 spiro atoms. The third-order valence-corrected chi connectivity index (χ3v) is 5.39. The van der Waals surface area contributed by atoms with Crippen LogP contribution in [-0.2, 0) is 10.5 Å². The molecule has 0 aliphatic carbocycles. The van der Waals surface area contributed by atoms with E-state index in [0.717, 1.165) is 29.5 Å². The van der Waals surface area contributed by atoms with Crippen molar-refractivity contribution in [1.82, 2.24) is 4.90 Å². The summed E-state index contributed by atoms with van der Waals surface area (Å²) in [4.78, 5) is 15.0. The molecule has 0 aromatic carbocycles. The van der Waals surface area contributed by atoms with Crippen molar-refractivity contribution in [1.29, 1.82) is 0 Å². The largest absolute Gasteiger partial charge is 0.394 e. The Balaban J connectivity index is 1.74. The summed E-state index contributed by atoms with van der Waals surface area (Å²) in [5, 5.41) is 9.18. The average molecular weight is 306 g/mol. The molecule has 1 N–H and O–H groups in total. The molecule has 18 heavy (non-hydrogen) atoms. The van der Waals surface area contributed by atoms with Gasteiger partial charge in [0.05, 0.1) is 22.7 Å². The lowest BCUT2D eigenvalue weighted by Crippen LogP contribution is -2.38. The maximum absolute atomic E-state index is 12.0. The minimum Gasteiger partial charge on any atom is -0.394 e. The number of likely N-dealkylation sites (tertiary alicyclic amines) is 1. The first kappa shape index (κ1) is 14.2. The van der Waals surface area contributed by atoms with E-state index in [0.29, 0.717) is 5.75 Å². The van der Waals surface area contributed by atoms with Gasteiger partial charge in [0.1, 0.15) is 0 Å². The molecule has 1 amide bonds. The lowest BCUT2D eigenvalue weighted by atomic mass is 10.2. The first-order chi connectivity index (χ1) is 8.70. The Labute approximate surface area is 120 Å². The van der Waals surface area contributed by atoms with Gasteiger partial charge in [0.2, 0.25) is 5.91 Å². The molecular weight excluding hydrogens is 290 g/mol. The van der Waals surface area contributed by atoms with E-state index in [2.05, 4.69) is 0 Å². The van der Waals surface area contributed by atoms with Crippen molar-refractivity contribution in [2.24, 2.45) is 0 Å². The first-order valence-corrected chi connectivity index (χ1v) is 8.28. The Bertz CT molecular complexity index is 411. The van der Waals surface area contributed by atoms with Crippen LogP contribution < -0.4 is 0 Å². The number of hydrogen-bond acceptors (Lipinski definition) is 4. The molecule has 3 nitrogen and oxygen atoms in total. The molecule has 2 heterocycles. The van der Waals surface area contributed by atoms with Gasteiger partial charge in [0, 0.05) is 17.2 Å². The Kier molecular flexibility index (Phi) is 5.36. The molecule has 6 heteroatoms. The van der Waals surface area contributed by atoms with Crippen molar-refractivity contribution >= 4 is 40.6 Å². The molecule has 0 radical (unpaired) electrons. The van der Waals surface area contributed by atoms with Crippen molar-refractivity contribution in [2.45, 2.75) is 24.6 Å². The van der Waals surface area contributed by atoms with Crippen molar-refractivity contribution in [3.05, 3.63) is 21.3 Å². The average Bonchev–Trinajstić information content (AvgIpc) is 2.97. The Morgan fingerprint density at radius 1 is 1.61 bits per heavy atom. The standard InChI is InChI=1S/C12H16ClNO2S2/c13-11-4-3-10(18-11)7-17-8-12(16)14-5-1-2-9(14)6-15/h3-4,9,15H,1-2,5-8H2/t9-/m1/s1. The maximum atomic E-state index is 12.0. The van der Waals surface area contributed by atoms with Crippen LogP contribution in [0.5, 0.6) is 0 Å². The van der Waals surface area contributed by atoms with Crippen molar-refractivity contribution in [3.63, 3.8) is 0 Å². The number of halogens is 1. The molecule has 1 aliphatic rings. The van der Waals surface area contributed by atoms with Crippen LogP contribution in [0.25, 0.3) is 0 Å². The number of rotatable bonds is 5. The molecule has 0 unspecified atom stereocenters. The van der Waals surface area contributed by atoms with Gasteiger partial charge >= 0.3 is 0 Å². The molecule has 2 rings (SSSR count). The van der Waals surface area contributed by atoms with Crippen LogP contribution in [0.4, 0.5) is 0 Å². The molecular formula is C12H16ClNO2S2. The van der Waals surface area contributed by atoms with Crippen molar-refractivity contribution in [2.75, 3.05) is 18.9 Å². The van der Waals surface area contributed by atoms with Gasteiger partial charge in [0.25, 0.3) is 0 Å². The zero-order chi connectivity index (χ0) is 13.0. The van der Waals surface area contributed by atoms with Gasteiger partial charge in [-0.2, -0.15) is 0 Å². The second-order valence-electron chi connectivity index (χ2n) is 4.26. The van der Waals surface area contributed by atoms with Gasteiger partial charge in [0.15, 0.2) is 0 Å². The number of thiophene rings is 1. The highest BCUT2D eigenvalue weighted by molar-refractivity contribution is 7.99. The highest BCUT2D eigenvalue weighted by Crippen LogP contribution is 2.26. The highest BCUT2D eigenvalue weighted by Gasteiger charge is 2.27. The highest BCUT2D eigenvalue weighted by atomic mass is 35.5. The van der Waals surface area contributed by atoms with Gasteiger partial charge < -0.3 is 10.0 Å². The van der Waals surface area contributed by atoms with E-state index in [9.17, 15) is 9.90 Å². The topological polar surface area (TPSA) is 40.5 Å². The zero-order valence-corrected chi connectivity index (χ0v) is 12.4. The summed E-state index contributed by atoms with van der Waals surface area (Å²) in [5.41, 5.74) is 0. The predicted octanol–water partition coefficient (Wildman–Crippen LogP) is 2.62. The van der Waals surface area contributed by atoms with E-state index in [-0.39, 0.29) is 18.6 Å². The quantitative estimate of drug-likeness (QED) is 0.909. The van der Waals surface area contributed by atoms with Crippen LogP contribution in [0, 0.1) is 0 Å². The fourth-order valence-corrected chi connectivity index (χ4v) is 4.21. The van der Waals surface area contributed by atoms with E-state index in [4.69, 9.17) is 11.6 Å². The Hall–Kier alpha value is -0.230. The van der Waals surface area contributed by atoms with Gasteiger partial charge in [-0.1, -0.05) is 11.6 Å². The molecule has 1 aromatic heterocycles. The fourth-order valence-electron chi connectivity index (χ4n) is 2.11. The second kappa shape index (κ2) is 6.80. The molecule has 0 saturated carbocycles. The number of thioether (sulfide) groups is 1. The minimum atomic E-state index is 0.0364. The third kappa shape index (κ3) is 3.63. The summed E-state index contributed by atoms with van der Waals surface area (Å²) in [6.45, 7) is 0.867. The lowest BCUT2D eigenvalue weighted by molar-refractivity contribution is -0.129. The monoisotopic (exact) mass is 305 g/mol. The van der Waals surface area contributed by atoms with Crippen LogP contribution in [0.3, 0.4) is 0 Å². The molecule has 1 atom stereocenters. The summed E-state index contributed by atoms with van der Waals surface area (Å²) >= 11 is 9.01. The zero-order valence-electron chi connectivity index (χ0n) is 9.97. The number of carbonyl (C=O) groups is 1. The Morgan fingerprint density at radius 2 is 2.44 bits per heavy atom. The number of aliphatic hydroxyl groups excluding tert-OH is 1. The van der Waals surface area contributed by atoms with E-state index < -0.39 is 0 Å². The summed E-state index contributed by atoms with van der Waals surface area (Å²) < 4.78 is 0.789. The SMILES string of the molecule is O=C(CSCc1ccc(Cl)s1)N1CCC[C@@H]1CO. The first-order valence-electron chi connectivity index (χ1n) is 5.93. The van der Waals surface area contributed by atoms with Gasteiger partial charge in [-0.25, -0.2) is 0 Å². The van der Waals surface area contributed by atoms with Gasteiger partial charge in [-0.05, 0) is 25.0 Å². The molecule has 1 aromatic rings. The van der Waals surface area contributed by atoms with Gasteiger partial charge in [-0.3, -0.25) is 4.79 Å². The number of amides is 1. The van der Waals surface area contributed by atoms with Crippen molar-refractivity contribution < 1.29 is 9.90 Å². The lowest BCUT2D eigenvalue weighted by Gasteiger charge is -2.22. The molecule has 100 valence electrons. The summed E-state index contributed by atoms with van der Waals surface area (Å²) in [6, 6.07) is 3.91. The summed E-state index contributed by atoms with van der Waals surface area (Å²) in [6.07, 6.45) is 1.93. The van der Waals surface area contributed by atoms with E-state index in [1.54, 1.807) is 23.1 Å². The molecule has 1 saturated heterocycles. The maximum Gasteiger partial charge on any atom is 0.232 e. The van der Waals surface area contributed by atoms with E-state index in [1.807, 2.05) is 17.0 Å². The summed E-state index contributed by atoms with van der Waals surface area (Å²) in [5.74, 6) is 1.44. The number of carbonyl (C=O) groups excluding carboxylic acids is 1. The van der Waals surface area contributed by atoms with Crippen LogP contribution in [-0.4, -0.2) is 40.9 Å².